The largest absolute Gasteiger partial charge is 0.495 e. The number of hydrogen-bond donors (Lipinski definition) is 2. The molecule has 0 saturated carbocycles. The number of aryl methyl sites for hydroxylation is 1. The Bertz CT molecular complexity index is 891. The van der Waals surface area contributed by atoms with Crippen molar-refractivity contribution in [2.75, 3.05) is 19.0 Å². The average Bonchev–Trinajstić information content (AvgIpc) is 2.72. The summed E-state index contributed by atoms with van der Waals surface area (Å²) in [7, 11) is 1.56. The van der Waals surface area contributed by atoms with Crippen LogP contribution in [0, 0.1) is 6.92 Å². The highest BCUT2D eigenvalue weighted by atomic mass is 35.5. The molecule has 4 nitrogen and oxygen atoms in total. The van der Waals surface area contributed by atoms with Gasteiger partial charge in [-0.2, -0.15) is 0 Å². The van der Waals surface area contributed by atoms with Crippen molar-refractivity contribution in [1.82, 2.24) is 0 Å². The predicted molar refractivity (Wildman–Crippen MR) is 113 cm³/mol. The maximum Gasteiger partial charge on any atom is 0.279 e. The Morgan fingerprint density at radius 3 is 2.14 bits per heavy atom. The normalized spacial score (nSPS) is 10.7. The maximum absolute atomic E-state index is 12.6. The molecule has 0 radical (unpaired) electrons. The molecule has 0 aliphatic rings. The van der Waals surface area contributed by atoms with E-state index in [9.17, 15) is 4.79 Å². The number of carbonyl (C=O) groups excluding carboxylic acids is 1. The number of anilines is 1. The number of halogens is 1. The molecule has 3 N–H and O–H groups in total. The number of rotatable bonds is 7. The molecule has 0 saturated heterocycles. The zero-order valence-electron chi connectivity index (χ0n) is 16.0. The topological polar surface area (TPSA) is 54.9 Å². The van der Waals surface area contributed by atoms with E-state index in [0.717, 1.165) is 16.7 Å². The molecule has 0 spiro atoms. The van der Waals surface area contributed by atoms with E-state index < -0.39 is 0 Å². The molecule has 0 atom stereocenters. The van der Waals surface area contributed by atoms with Gasteiger partial charge in [-0.3, -0.25) is 4.79 Å². The minimum atomic E-state index is -0.100. The summed E-state index contributed by atoms with van der Waals surface area (Å²) in [5.41, 5.74) is 3.81. The molecule has 0 unspecified atom stereocenters. The van der Waals surface area contributed by atoms with Crippen molar-refractivity contribution in [1.29, 1.82) is 0 Å². The van der Waals surface area contributed by atoms with Gasteiger partial charge in [0.05, 0.1) is 12.8 Å². The van der Waals surface area contributed by atoms with Gasteiger partial charge < -0.3 is 15.4 Å². The summed E-state index contributed by atoms with van der Waals surface area (Å²) in [6.07, 6.45) is 0. The highest BCUT2D eigenvalue weighted by Crippen LogP contribution is 2.30. The molecule has 144 valence electrons. The van der Waals surface area contributed by atoms with Crippen molar-refractivity contribution in [3.63, 3.8) is 0 Å². The lowest BCUT2D eigenvalue weighted by molar-refractivity contribution is -0.676. The van der Waals surface area contributed by atoms with Crippen molar-refractivity contribution in [3.05, 3.63) is 94.5 Å². The van der Waals surface area contributed by atoms with Crippen molar-refractivity contribution in [2.45, 2.75) is 13.0 Å². The lowest BCUT2D eigenvalue weighted by Gasteiger charge is -2.17. The third-order valence-corrected chi connectivity index (χ3v) is 5.02. The van der Waals surface area contributed by atoms with Crippen LogP contribution in [-0.4, -0.2) is 19.6 Å². The van der Waals surface area contributed by atoms with Crippen LogP contribution in [0.15, 0.2) is 72.8 Å². The van der Waals surface area contributed by atoms with E-state index >= 15 is 0 Å². The van der Waals surface area contributed by atoms with E-state index in [1.807, 2.05) is 54.7 Å². The summed E-state index contributed by atoms with van der Waals surface area (Å²) in [6.45, 7) is 2.17. The Labute approximate surface area is 170 Å². The van der Waals surface area contributed by atoms with Gasteiger partial charge in [-0.05, 0) is 18.6 Å². The summed E-state index contributed by atoms with van der Waals surface area (Å²) in [6, 6.07) is 24.0. The highest BCUT2D eigenvalue weighted by Gasteiger charge is 2.19. The molecule has 0 heterocycles. The molecular formula is C23H24ClN2O2+. The minimum Gasteiger partial charge on any atom is -0.495 e. The zero-order valence-corrected chi connectivity index (χ0v) is 16.7. The number of amides is 1. The van der Waals surface area contributed by atoms with Crippen LogP contribution < -0.4 is 15.4 Å². The molecule has 3 rings (SSSR count). The third kappa shape index (κ3) is 4.91. The molecule has 1 amide bonds. The van der Waals surface area contributed by atoms with Crippen LogP contribution in [-0.2, 0) is 4.79 Å². The van der Waals surface area contributed by atoms with Crippen LogP contribution in [0.2, 0.25) is 5.02 Å². The summed E-state index contributed by atoms with van der Waals surface area (Å²) in [4.78, 5) is 12.6. The number of ether oxygens (including phenoxy) is 1. The Hall–Kier alpha value is -2.82. The Kier molecular flexibility index (Phi) is 6.69. The summed E-state index contributed by atoms with van der Waals surface area (Å²) in [5.74, 6) is 0.448. The van der Waals surface area contributed by atoms with Crippen molar-refractivity contribution < 1.29 is 14.8 Å². The number of nitrogens with one attached hydrogen (secondary N) is 1. The molecule has 0 fully saturated rings. The number of carbonyl (C=O) groups is 1. The lowest BCUT2D eigenvalue weighted by atomic mass is 9.99. The number of quaternary nitrogens is 1. The van der Waals surface area contributed by atoms with Crippen molar-refractivity contribution in [2.24, 2.45) is 0 Å². The van der Waals surface area contributed by atoms with Gasteiger partial charge in [-0.25, -0.2) is 0 Å². The fraction of sp³-hybridized carbons (Fsp3) is 0.174. The second-order valence-electron chi connectivity index (χ2n) is 6.59. The standard InChI is InChI=1S/C23H23ClN2O2/c1-16-13-20(21(28-2)14-19(16)24)26-22(27)15-25-23(17-9-5-3-6-10-17)18-11-7-4-8-12-18/h3-14,23,25H,15H2,1-2H3,(H,26,27)/p+1. The first kappa shape index (κ1) is 19.9. The molecule has 28 heavy (non-hydrogen) atoms. The van der Waals surface area contributed by atoms with E-state index in [1.165, 1.54) is 0 Å². The van der Waals surface area contributed by atoms with Crippen molar-refractivity contribution >= 4 is 23.2 Å². The fourth-order valence-electron chi connectivity index (χ4n) is 3.14. The number of methoxy groups -OCH3 is 1. The second kappa shape index (κ2) is 9.40. The molecule has 0 bridgehead atoms. The number of nitrogens with two attached hydrogens (primary N) is 1. The SMILES string of the molecule is COc1cc(Cl)c(C)cc1NC(=O)C[NH2+]C(c1ccccc1)c1ccccc1. The van der Waals surface area contributed by atoms with E-state index in [0.29, 0.717) is 16.5 Å². The van der Waals surface area contributed by atoms with Gasteiger partial charge in [0.2, 0.25) is 0 Å². The van der Waals surface area contributed by atoms with Gasteiger partial charge in [0.1, 0.15) is 11.8 Å². The third-order valence-electron chi connectivity index (χ3n) is 4.61. The summed E-state index contributed by atoms with van der Waals surface area (Å²) < 4.78 is 5.34. The summed E-state index contributed by atoms with van der Waals surface area (Å²) >= 11 is 6.14. The van der Waals surface area contributed by atoms with E-state index in [4.69, 9.17) is 16.3 Å². The second-order valence-corrected chi connectivity index (χ2v) is 7.00. The van der Waals surface area contributed by atoms with Gasteiger partial charge in [0.25, 0.3) is 5.91 Å². The number of benzene rings is 3. The van der Waals surface area contributed by atoms with Gasteiger partial charge >= 0.3 is 0 Å². The molecule has 0 aromatic heterocycles. The Morgan fingerprint density at radius 1 is 1.04 bits per heavy atom. The quantitative estimate of drug-likeness (QED) is 0.636. The molecule has 0 aliphatic carbocycles. The molecule has 0 aliphatic heterocycles. The van der Waals surface area contributed by atoms with Crippen LogP contribution in [0.25, 0.3) is 0 Å². The van der Waals surface area contributed by atoms with Crippen LogP contribution in [0.5, 0.6) is 5.75 Å². The van der Waals surface area contributed by atoms with E-state index in [1.54, 1.807) is 13.2 Å². The fourth-order valence-corrected chi connectivity index (χ4v) is 3.29. The molecular weight excluding hydrogens is 372 g/mol. The van der Waals surface area contributed by atoms with Gasteiger partial charge in [0, 0.05) is 22.2 Å². The molecule has 3 aromatic rings. The van der Waals surface area contributed by atoms with Crippen LogP contribution in [0.4, 0.5) is 5.69 Å². The van der Waals surface area contributed by atoms with Crippen LogP contribution in [0.3, 0.4) is 0 Å². The lowest BCUT2D eigenvalue weighted by Crippen LogP contribution is -2.87. The first-order chi connectivity index (χ1) is 13.6. The Morgan fingerprint density at radius 2 is 1.61 bits per heavy atom. The minimum absolute atomic E-state index is 0.0435. The predicted octanol–water partition coefficient (Wildman–Crippen LogP) is 3.95. The van der Waals surface area contributed by atoms with Crippen LogP contribution >= 0.6 is 11.6 Å². The van der Waals surface area contributed by atoms with Gasteiger partial charge in [0.15, 0.2) is 6.54 Å². The zero-order chi connectivity index (χ0) is 19.9. The number of hydrogen-bond acceptors (Lipinski definition) is 2. The summed E-state index contributed by atoms with van der Waals surface area (Å²) in [5, 5.41) is 5.58. The van der Waals surface area contributed by atoms with E-state index in [-0.39, 0.29) is 18.5 Å². The first-order valence-corrected chi connectivity index (χ1v) is 9.53. The molecule has 5 heteroatoms. The highest BCUT2D eigenvalue weighted by molar-refractivity contribution is 6.31. The van der Waals surface area contributed by atoms with E-state index in [2.05, 4.69) is 29.6 Å². The first-order valence-electron chi connectivity index (χ1n) is 9.15. The van der Waals surface area contributed by atoms with Crippen LogP contribution in [0.1, 0.15) is 22.7 Å². The monoisotopic (exact) mass is 395 g/mol. The van der Waals surface area contributed by atoms with Crippen molar-refractivity contribution in [3.8, 4) is 5.75 Å². The Balaban J connectivity index is 1.74. The average molecular weight is 396 g/mol. The smallest absolute Gasteiger partial charge is 0.279 e. The molecule has 3 aromatic carbocycles. The maximum atomic E-state index is 12.6. The van der Waals surface area contributed by atoms with Gasteiger partial charge in [-0.15, -0.1) is 0 Å². The van der Waals surface area contributed by atoms with Gasteiger partial charge in [-0.1, -0.05) is 72.3 Å².